The minimum absolute atomic E-state index is 0.0794. The van der Waals surface area contributed by atoms with Crippen molar-refractivity contribution in [2.45, 2.75) is 45.6 Å². The predicted octanol–water partition coefficient (Wildman–Crippen LogP) is 1.06. The van der Waals surface area contributed by atoms with Gasteiger partial charge in [0.2, 0.25) is 5.91 Å². The van der Waals surface area contributed by atoms with E-state index in [4.69, 9.17) is 5.11 Å². The van der Waals surface area contributed by atoms with Crippen LogP contribution in [0.3, 0.4) is 0 Å². The second-order valence-electron chi connectivity index (χ2n) is 5.55. The average molecular weight is 280 g/mol. The number of carboxylic acid groups (broad SMARTS) is 1. The van der Waals surface area contributed by atoms with Crippen molar-refractivity contribution in [2.75, 3.05) is 6.54 Å². The summed E-state index contributed by atoms with van der Waals surface area (Å²) in [7, 11) is 0. The Labute approximate surface area is 117 Å². The molecule has 1 aliphatic carbocycles. The first-order valence-electron chi connectivity index (χ1n) is 6.93. The molecule has 0 radical (unpaired) electrons. The van der Waals surface area contributed by atoms with Crippen molar-refractivity contribution in [3.05, 3.63) is 11.9 Å². The Kier molecular flexibility index (Phi) is 4.36. The Balaban J connectivity index is 1.80. The first kappa shape index (κ1) is 14.5. The zero-order chi connectivity index (χ0) is 14.6. The lowest BCUT2D eigenvalue weighted by Gasteiger charge is -2.31. The van der Waals surface area contributed by atoms with Gasteiger partial charge in [-0.25, -0.2) is 9.48 Å². The number of carbonyl (C=O) groups excluding carboxylic acids is 1. The molecule has 1 fully saturated rings. The molecule has 0 unspecified atom stereocenters. The van der Waals surface area contributed by atoms with Crippen LogP contribution in [0, 0.1) is 5.41 Å². The lowest BCUT2D eigenvalue weighted by molar-refractivity contribution is -0.131. The van der Waals surface area contributed by atoms with E-state index in [1.54, 1.807) is 0 Å². The van der Waals surface area contributed by atoms with Crippen molar-refractivity contribution >= 4 is 11.9 Å². The van der Waals surface area contributed by atoms with Crippen LogP contribution in [0.2, 0.25) is 0 Å². The molecule has 0 spiro atoms. The third-order valence-corrected chi connectivity index (χ3v) is 3.89. The highest BCUT2D eigenvalue weighted by Gasteiger charge is 2.34. The number of aromatic carboxylic acids is 1. The molecule has 110 valence electrons. The molecule has 0 saturated heterocycles. The Morgan fingerprint density at radius 2 is 2.10 bits per heavy atom. The highest BCUT2D eigenvalue weighted by Crippen LogP contribution is 2.35. The van der Waals surface area contributed by atoms with E-state index in [0.29, 0.717) is 13.1 Å². The lowest BCUT2D eigenvalue weighted by Crippen LogP contribution is -2.41. The summed E-state index contributed by atoms with van der Waals surface area (Å²) < 4.78 is 1.42. The highest BCUT2D eigenvalue weighted by atomic mass is 16.4. The number of nitrogens with one attached hydrogen (secondary N) is 1. The normalized spacial score (nSPS) is 17.6. The van der Waals surface area contributed by atoms with Crippen LogP contribution >= 0.6 is 0 Å². The topological polar surface area (TPSA) is 97.1 Å². The molecular weight excluding hydrogens is 260 g/mol. The minimum Gasteiger partial charge on any atom is -0.476 e. The average Bonchev–Trinajstić information content (AvgIpc) is 2.88. The number of rotatable bonds is 5. The number of amides is 1. The molecule has 7 heteroatoms. The van der Waals surface area contributed by atoms with E-state index in [9.17, 15) is 9.59 Å². The zero-order valence-corrected chi connectivity index (χ0v) is 11.6. The van der Waals surface area contributed by atoms with Gasteiger partial charge >= 0.3 is 5.97 Å². The van der Waals surface area contributed by atoms with Crippen molar-refractivity contribution in [1.82, 2.24) is 20.3 Å². The second kappa shape index (κ2) is 6.02. The van der Waals surface area contributed by atoms with Crippen LogP contribution in [0.1, 0.15) is 49.5 Å². The molecule has 1 amide bonds. The van der Waals surface area contributed by atoms with Crippen LogP contribution in [0.15, 0.2) is 6.20 Å². The van der Waals surface area contributed by atoms with Crippen LogP contribution < -0.4 is 5.32 Å². The third-order valence-electron chi connectivity index (χ3n) is 3.89. The smallest absolute Gasteiger partial charge is 0.358 e. The number of carboxylic acids is 1. The van der Waals surface area contributed by atoms with Crippen molar-refractivity contribution in [1.29, 1.82) is 0 Å². The molecule has 0 aromatic carbocycles. The van der Waals surface area contributed by atoms with E-state index in [1.807, 2.05) is 6.92 Å². The molecule has 0 aliphatic heterocycles. The second-order valence-corrected chi connectivity index (χ2v) is 5.55. The summed E-state index contributed by atoms with van der Waals surface area (Å²) in [5.74, 6) is -1.02. The van der Waals surface area contributed by atoms with E-state index in [0.717, 1.165) is 25.7 Å². The molecule has 0 atom stereocenters. The van der Waals surface area contributed by atoms with Gasteiger partial charge in [-0.05, 0) is 12.8 Å². The summed E-state index contributed by atoms with van der Waals surface area (Å²) in [5.41, 5.74) is -0.345. The van der Waals surface area contributed by atoms with E-state index in [2.05, 4.69) is 15.6 Å². The molecule has 1 aromatic rings. The van der Waals surface area contributed by atoms with Gasteiger partial charge in [-0.1, -0.05) is 31.4 Å². The lowest BCUT2D eigenvalue weighted by atomic mass is 9.75. The van der Waals surface area contributed by atoms with Crippen molar-refractivity contribution < 1.29 is 14.7 Å². The summed E-state index contributed by atoms with van der Waals surface area (Å²) in [4.78, 5) is 22.8. The Hall–Kier alpha value is -1.92. The van der Waals surface area contributed by atoms with Crippen LogP contribution in [0.5, 0.6) is 0 Å². The molecule has 7 nitrogen and oxygen atoms in total. The van der Waals surface area contributed by atoms with Crippen molar-refractivity contribution in [3.8, 4) is 0 Å². The molecule has 1 aromatic heterocycles. The molecular formula is C13H20N4O3. The van der Waals surface area contributed by atoms with Crippen molar-refractivity contribution in [2.24, 2.45) is 5.41 Å². The van der Waals surface area contributed by atoms with E-state index < -0.39 is 5.97 Å². The van der Waals surface area contributed by atoms with E-state index in [1.165, 1.54) is 17.3 Å². The maximum Gasteiger partial charge on any atom is 0.358 e. The molecule has 20 heavy (non-hydrogen) atoms. The highest BCUT2D eigenvalue weighted by molar-refractivity contribution is 5.84. The number of aromatic nitrogens is 3. The molecule has 1 heterocycles. The van der Waals surface area contributed by atoms with Crippen LogP contribution in [0.25, 0.3) is 0 Å². The van der Waals surface area contributed by atoms with Gasteiger partial charge in [-0.15, -0.1) is 5.10 Å². The quantitative estimate of drug-likeness (QED) is 0.840. The van der Waals surface area contributed by atoms with Crippen LogP contribution in [0.4, 0.5) is 0 Å². The van der Waals surface area contributed by atoms with Crippen LogP contribution in [-0.4, -0.2) is 38.5 Å². The van der Waals surface area contributed by atoms with Gasteiger partial charge < -0.3 is 10.4 Å². The minimum atomic E-state index is -1.10. The standard InChI is InChI=1S/C13H20N4O3/c1-13(5-3-2-4-6-13)12(20)14-7-8-17-9-10(11(18)19)15-16-17/h9H,2-8H2,1H3,(H,14,20)(H,18,19). The van der Waals surface area contributed by atoms with Gasteiger partial charge in [-0.2, -0.15) is 0 Å². The number of carbonyl (C=O) groups is 2. The fourth-order valence-electron chi connectivity index (χ4n) is 2.56. The molecule has 1 saturated carbocycles. The van der Waals surface area contributed by atoms with E-state index in [-0.39, 0.29) is 17.0 Å². The van der Waals surface area contributed by atoms with Gasteiger partial charge in [0.15, 0.2) is 5.69 Å². The number of hydrogen-bond acceptors (Lipinski definition) is 4. The zero-order valence-electron chi connectivity index (χ0n) is 11.6. The van der Waals surface area contributed by atoms with Crippen molar-refractivity contribution in [3.63, 3.8) is 0 Å². The van der Waals surface area contributed by atoms with E-state index >= 15 is 0 Å². The third kappa shape index (κ3) is 3.34. The van der Waals surface area contributed by atoms with Gasteiger partial charge in [0, 0.05) is 12.0 Å². The van der Waals surface area contributed by atoms with Gasteiger partial charge in [0.1, 0.15) is 0 Å². The van der Waals surface area contributed by atoms with Crippen LogP contribution in [-0.2, 0) is 11.3 Å². The summed E-state index contributed by atoms with van der Waals surface area (Å²) in [5, 5.41) is 18.9. The Bertz CT molecular complexity index is 492. The van der Waals surface area contributed by atoms with Gasteiger partial charge in [0.05, 0.1) is 12.7 Å². The first-order chi connectivity index (χ1) is 9.51. The largest absolute Gasteiger partial charge is 0.476 e. The van der Waals surface area contributed by atoms with Gasteiger partial charge in [-0.3, -0.25) is 4.79 Å². The molecule has 0 bridgehead atoms. The summed E-state index contributed by atoms with van der Waals surface area (Å²) in [6, 6.07) is 0. The van der Waals surface area contributed by atoms with Gasteiger partial charge in [0.25, 0.3) is 0 Å². The maximum absolute atomic E-state index is 12.2. The fraction of sp³-hybridized carbons (Fsp3) is 0.692. The molecule has 2 N–H and O–H groups in total. The number of nitrogens with zero attached hydrogens (tertiary/aromatic N) is 3. The Morgan fingerprint density at radius 1 is 1.40 bits per heavy atom. The summed E-state index contributed by atoms with van der Waals surface area (Å²) in [6.07, 6.45) is 6.65. The first-order valence-corrected chi connectivity index (χ1v) is 6.93. The summed E-state index contributed by atoms with van der Waals surface area (Å²) in [6.45, 7) is 2.86. The SMILES string of the molecule is CC1(C(=O)NCCn2cc(C(=O)O)nn2)CCCCC1. The number of hydrogen-bond donors (Lipinski definition) is 2. The predicted molar refractivity (Wildman–Crippen MR) is 71.2 cm³/mol. The molecule has 1 aliphatic rings. The maximum atomic E-state index is 12.2. The fourth-order valence-corrected chi connectivity index (χ4v) is 2.56. The summed E-state index contributed by atoms with van der Waals surface area (Å²) >= 11 is 0. The Morgan fingerprint density at radius 3 is 2.70 bits per heavy atom. The monoisotopic (exact) mass is 280 g/mol. The molecule has 2 rings (SSSR count).